The summed E-state index contributed by atoms with van der Waals surface area (Å²) in [7, 11) is 0. The number of nitrogens with zero attached hydrogens (tertiary/aromatic N) is 1. The maximum Gasteiger partial charge on any atom is 0.253 e. The normalized spacial score (nSPS) is 14.6. The monoisotopic (exact) mass is 416 g/mol. The van der Waals surface area contributed by atoms with Crippen LogP contribution in [0, 0.1) is 19.8 Å². The molecule has 1 amide bonds. The van der Waals surface area contributed by atoms with Crippen molar-refractivity contribution in [1.82, 2.24) is 9.88 Å². The van der Waals surface area contributed by atoms with Gasteiger partial charge in [0.25, 0.3) is 5.56 Å². The van der Waals surface area contributed by atoms with Gasteiger partial charge in [0.05, 0.1) is 12.1 Å². The van der Waals surface area contributed by atoms with Crippen LogP contribution >= 0.6 is 0 Å². The first-order valence-corrected chi connectivity index (χ1v) is 11.5. The topological polar surface area (TPSA) is 53.2 Å². The van der Waals surface area contributed by atoms with E-state index in [4.69, 9.17) is 0 Å². The summed E-state index contributed by atoms with van der Waals surface area (Å²) in [5.41, 5.74) is 4.86. The van der Waals surface area contributed by atoms with Crippen LogP contribution in [0.4, 0.5) is 0 Å². The number of aryl methyl sites for hydroxylation is 2. The van der Waals surface area contributed by atoms with Crippen LogP contribution in [0.5, 0.6) is 0 Å². The van der Waals surface area contributed by atoms with Gasteiger partial charge in [-0.25, -0.2) is 0 Å². The summed E-state index contributed by atoms with van der Waals surface area (Å²) in [4.78, 5) is 31.3. The number of benzene rings is 2. The van der Waals surface area contributed by atoms with Crippen molar-refractivity contribution >= 4 is 16.8 Å². The van der Waals surface area contributed by atoms with Crippen molar-refractivity contribution in [2.75, 3.05) is 6.54 Å². The van der Waals surface area contributed by atoms with Crippen molar-refractivity contribution in [3.05, 3.63) is 81.1 Å². The fraction of sp³-hybridized carbons (Fsp3) is 0.407. The van der Waals surface area contributed by atoms with Gasteiger partial charge in [-0.3, -0.25) is 9.59 Å². The lowest BCUT2D eigenvalue weighted by Gasteiger charge is -2.29. The van der Waals surface area contributed by atoms with E-state index in [9.17, 15) is 9.59 Å². The minimum atomic E-state index is -0.0950. The quantitative estimate of drug-likeness (QED) is 0.593. The van der Waals surface area contributed by atoms with E-state index in [0.717, 1.165) is 54.1 Å². The summed E-state index contributed by atoms with van der Waals surface area (Å²) >= 11 is 0. The zero-order chi connectivity index (χ0) is 21.8. The van der Waals surface area contributed by atoms with E-state index in [1.807, 2.05) is 42.2 Å². The van der Waals surface area contributed by atoms with Gasteiger partial charge in [-0.15, -0.1) is 0 Å². The van der Waals surface area contributed by atoms with Crippen molar-refractivity contribution < 1.29 is 4.79 Å². The van der Waals surface area contributed by atoms with Crippen LogP contribution in [0.2, 0.25) is 0 Å². The van der Waals surface area contributed by atoms with Crippen LogP contribution in [0.15, 0.2) is 53.3 Å². The Balaban J connectivity index is 1.63. The molecule has 0 atom stereocenters. The first-order chi connectivity index (χ1) is 15.0. The molecule has 1 aliphatic rings. The lowest BCUT2D eigenvalue weighted by molar-refractivity contribution is -0.137. The average Bonchev–Trinajstić information content (AvgIpc) is 2.80. The maximum atomic E-state index is 13.4. The summed E-state index contributed by atoms with van der Waals surface area (Å²) in [5.74, 6) is 0.295. The van der Waals surface area contributed by atoms with E-state index in [-0.39, 0.29) is 17.4 Å². The molecule has 0 bridgehead atoms. The number of hydrogen-bond donors (Lipinski definition) is 1. The van der Waals surface area contributed by atoms with Gasteiger partial charge in [0.2, 0.25) is 5.91 Å². The molecule has 1 heterocycles. The second-order valence-electron chi connectivity index (χ2n) is 8.94. The molecule has 1 aromatic heterocycles. The second-order valence-corrected chi connectivity index (χ2v) is 8.94. The van der Waals surface area contributed by atoms with E-state index < -0.39 is 0 Å². The number of fused-ring (bicyclic) bond motifs is 1. The number of pyridine rings is 1. The molecule has 2 aromatic carbocycles. The lowest BCUT2D eigenvalue weighted by Crippen LogP contribution is -2.39. The molecule has 1 N–H and O–H groups in total. The molecule has 0 radical (unpaired) electrons. The van der Waals surface area contributed by atoms with Gasteiger partial charge >= 0.3 is 0 Å². The maximum absolute atomic E-state index is 13.4. The predicted molar refractivity (Wildman–Crippen MR) is 126 cm³/mol. The van der Waals surface area contributed by atoms with E-state index in [1.165, 1.54) is 12.0 Å². The van der Waals surface area contributed by atoms with Crippen LogP contribution in [0.1, 0.15) is 54.4 Å². The Bertz CT molecular complexity index is 1110. The molecule has 1 aliphatic carbocycles. The largest absolute Gasteiger partial charge is 0.338 e. The van der Waals surface area contributed by atoms with Gasteiger partial charge in [0.15, 0.2) is 0 Å². The van der Waals surface area contributed by atoms with E-state index >= 15 is 0 Å². The second kappa shape index (κ2) is 9.51. The molecule has 0 spiro atoms. The number of H-pyrrole nitrogens is 1. The molecule has 4 heteroatoms. The van der Waals surface area contributed by atoms with E-state index in [0.29, 0.717) is 18.7 Å². The zero-order valence-electron chi connectivity index (χ0n) is 18.6. The smallest absolute Gasteiger partial charge is 0.253 e. The Kier molecular flexibility index (Phi) is 6.55. The van der Waals surface area contributed by atoms with E-state index in [1.54, 1.807) is 0 Å². The van der Waals surface area contributed by atoms with Gasteiger partial charge in [-0.2, -0.15) is 0 Å². The third-order valence-electron chi connectivity index (χ3n) is 6.66. The standard InChI is InChI=1S/C27H32N2O2/c1-19-13-14-20(2)25-24(19)17-23(26(30)28-25)18-29(16-15-21-9-5-3-6-10-21)27(31)22-11-7-4-8-12-22/h3,5-6,9-10,13-14,17,22H,4,7-8,11-12,15-16,18H2,1-2H3,(H,28,30). The van der Waals surface area contributed by atoms with Crippen LogP contribution in [0.3, 0.4) is 0 Å². The van der Waals surface area contributed by atoms with Gasteiger partial charge in [-0.1, -0.05) is 61.7 Å². The number of carbonyl (C=O) groups is 1. The Hall–Kier alpha value is -2.88. The molecule has 31 heavy (non-hydrogen) atoms. The third kappa shape index (κ3) is 4.90. The Morgan fingerprint density at radius 2 is 1.71 bits per heavy atom. The first kappa shape index (κ1) is 21.4. The molecule has 1 saturated carbocycles. The molecule has 0 unspecified atom stereocenters. The minimum Gasteiger partial charge on any atom is -0.338 e. The highest BCUT2D eigenvalue weighted by Crippen LogP contribution is 2.26. The number of rotatable bonds is 6. The molecule has 0 saturated heterocycles. The van der Waals surface area contributed by atoms with Gasteiger partial charge in [0.1, 0.15) is 0 Å². The molecule has 3 aromatic rings. The summed E-state index contributed by atoms with van der Waals surface area (Å²) < 4.78 is 0. The summed E-state index contributed by atoms with van der Waals surface area (Å²) in [6.07, 6.45) is 6.19. The fourth-order valence-corrected chi connectivity index (χ4v) is 4.72. The van der Waals surface area contributed by atoms with Crippen molar-refractivity contribution in [2.45, 2.75) is 58.9 Å². The number of amides is 1. The van der Waals surface area contributed by atoms with Gasteiger partial charge < -0.3 is 9.88 Å². The number of carbonyl (C=O) groups excluding carboxylic acids is 1. The van der Waals surface area contributed by atoms with Crippen LogP contribution in [-0.2, 0) is 17.8 Å². The number of nitrogens with one attached hydrogen (secondary N) is 1. The minimum absolute atomic E-state index is 0.0908. The Morgan fingerprint density at radius 3 is 2.45 bits per heavy atom. The molecular formula is C27H32N2O2. The molecule has 4 rings (SSSR count). The molecule has 0 aliphatic heterocycles. The first-order valence-electron chi connectivity index (χ1n) is 11.5. The van der Waals surface area contributed by atoms with Crippen molar-refractivity contribution in [2.24, 2.45) is 5.92 Å². The van der Waals surface area contributed by atoms with Crippen molar-refractivity contribution in [3.8, 4) is 0 Å². The molecule has 4 nitrogen and oxygen atoms in total. The average molecular weight is 417 g/mol. The summed E-state index contributed by atoms with van der Waals surface area (Å²) in [6.45, 7) is 5.06. The Morgan fingerprint density at radius 1 is 1.00 bits per heavy atom. The zero-order valence-corrected chi connectivity index (χ0v) is 18.6. The highest BCUT2D eigenvalue weighted by Gasteiger charge is 2.26. The van der Waals surface area contributed by atoms with Crippen LogP contribution < -0.4 is 5.56 Å². The number of aromatic amines is 1. The van der Waals surface area contributed by atoms with Crippen LogP contribution in [0.25, 0.3) is 10.9 Å². The Labute approximate surface area is 184 Å². The highest BCUT2D eigenvalue weighted by atomic mass is 16.2. The van der Waals surface area contributed by atoms with Gasteiger partial charge in [0, 0.05) is 23.4 Å². The fourth-order valence-electron chi connectivity index (χ4n) is 4.72. The molecular weight excluding hydrogens is 384 g/mol. The van der Waals surface area contributed by atoms with Crippen molar-refractivity contribution in [1.29, 1.82) is 0 Å². The molecule has 1 fully saturated rings. The predicted octanol–water partition coefficient (Wildman–Crippen LogP) is 5.30. The SMILES string of the molecule is Cc1ccc(C)c2[nH]c(=O)c(CN(CCc3ccccc3)C(=O)C3CCCCC3)cc12. The lowest BCUT2D eigenvalue weighted by atomic mass is 9.88. The number of hydrogen-bond acceptors (Lipinski definition) is 2. The van der Waals surface area contributed by atoms with Crippen LogP contribution in [-0.4, -0.2) is 22.3 Å². The number of aromatic nitrogens is 1. The summed E-state index contributed by atoms with van der Waals surface area (Å²) in [6, 6.07) is 16.4. The summed E-state index contributed by atoms with van der Waals surface area (Å²) in [5, 5.41) is 1.06. The molecule has 162 valence electrons. The third-order valence-corrected chi connectivity index (χ3v) is 6.66. The van der Waals surface area contributed by atoms with Crippen molar-refractivity contribution in [3.63, 3.8) is 0 Å². The van der Waals surface area contributed by atoms with E-state index in [2.05, 4.69) is 30.1 Å². The van der Waals surface area contributed by atoms with Gasteiger partial charge in [-0.05, 0) is 55.9 Å². The highest BCUT2D eigenvalue weighted by molar-refractivity contribution is 5.85.